The second kappa shape index (κ2) is 10.4. The molecule has 12 heteroatoms. The Morgan fingerprint density at radius 2 is 1.79 bits per heavy atom. The summed E-state index contributed by atoms with van der Waals surface area (Å²) in [5, 5.41) is 12.0. The zero-order chi connectivity index (χ0) is 24.9. The van der Waals surface area contributed by atoms with Crippen LogP contribution in [0.3, 0.4) is 0 Å². The summed E-state index contributed by atoms with van der Waals surface area (Å²) in [6, 6.07) is 10.3. The number of sulfonamides is 1. The number of carbonyl (C=O) groups is 2. The van der Waals surface area contributed by atoms with Crippen LogP contribution in [0.25, 0.3) is 0 Å². The monoisotopic (exact) mass is 491 g/mol. The maximum absolute atomic E-state index is 12.9. The molecule has 2 aromatic rings. The standard InChI is InChI=1S/C22H25N3O8S/c1-31-15-6-9-18(19(12-15)32-2)24-34(29,30)16-7-4-14(5-8-16)23-20-17(22(28)33-3)13-25(10-11-26)21(20)27/h4-9,12,23-24,26H,10-11,13H2,1-3H3. The number of rotatable bonds is 10. The number of amides is 1. The zero-order valence-electron chi connectivity index (χ0n) is 18.8. The van der Waals surface area contributed by atoms with E-state index in [0.29, 0.717) is 11.4 Å². The highest BCUT2D eigenvalue weighted by atomic mass is 32.2. The van der Waals surface area contributed by atoms with Gasteiger partial charge in [-0.3, -0.25) is 9.52 Å². The molecule has 0 saturated carbocycles. The second-order valence-electron chi connectivity index (χ2n) is 7.12. The summed E-state index contributed by atoms with van der Waals surface area (Å²) in [6.07, 6.45) is 0. The van der Waals surface area contributed by atoms with Crippen LogP contribution in [0.15, 0.2) is 58.6 Å². The lowest BCUT2D eigenvalue weighted by atomic mass is 10.2. The average Bonchev–Trinajstić information content (AvgIpc) is 3.14. The number of aliphatic hydroxyl groups excluding tert-OH is 1. The number of hydrogen-bond donors (Lipinski definition) is 3. The molecule has 0 fully saturated rings. The lowest BCUT2D eigenvalue weighted by molar-refractivity contribution is -0.136. The van der Waals surface area contributed by atoms with E-state index in [1.807, 2.05) is 0 Å². The molecule has 3 N–H and O–H groups in total. The van der Waals surface area contributed by atoms with E-state index in [9.17, 15) is 18.0 Å². The van der Waals surface area contributed by atoms with Crippen LogP contribution in [0.4, 0.5) is 11.4 Å². The van der Waals surface area contributed by atoms with Crippen LogP contribution in [-0.4, -0.2) is 71.3 Å². The molecule has 1 heterocycles. The summed E-state index contributed by atoms with van der Waals surface area (Å²) >= 11 is 0. The molecule has 0 radical (unpaired) electrons. The molecular formula is C22H25N3O8S. The first-order valence-corrected chi connectivity index (χ1v) is 11.6. The van der Waals surface area contributed by atoms with E-state index in [-0.39, 0.29) is 47.3 Å². The molecule has 0 atom stereocenters. The fourth-order valence-electron chi connectivity index (χ4n) is 3.30. The lowest BCUT2D eigenvalue weighted by Crippen LogP contribution is -2.31. The van der Waals surface area contributed by atoms with Crippen molar-refractivity contribution in [2.24, 2.45) is 0 Å². The van der Waals surface area contributed by atoms with Gasteiger partial charge in [-0.05, 0) is 36.4 Å². The molecule has 0 saturated heterocycles. The van der Waals surface area contributed by atoms with Gasteiger partial charge in [-0.15, -0.1) is 0 Å². The summed E-state index contributed by atoms with van der Waals surface area (Å²) in [6.45, 7) is -0.206. The van der Waals surface area contributed by atoms with Crippen molar-refractivity contribution in [3.63, 3.8) is 0 Å². The summed E-state index contributed by atoms with van der Waals surface area (Å²) < 4.78 is 43.3. The van der Waals surface area contributed by atoms with Crippen molar-refractivity contribution in [2.75, 3.05) is 51.1 Å². The number of nitrogens with zero attached hydrogens (tertiary/aromatic N) is 1. The Balaban J connectivity index is 1.81. The van der Waals surface area contributed by atoms with E-state index >= 15 is 0 Å². The van der Waals surface area contributed by atoms with Gasteiger partial charge in [0, 0.05) is 18.3 Å². The van der Waals surface area contributed by atoms with Gasteiger partial charge in [-0.25, -0.2) is 13.2 Å². The van der Waals surface area contributed by atoms with Gasteiger partial charge >= 0.3 is 5.97 Å². The smallest absolute Gasteiger partial charge is 0.337 e. The van der Waals surface area contributed by atoms with Gasteiger partial charge in [0.15, 0.2) is 0 Å². The van der Waals surface area contributed by atoms with E-state index in [2.05, 4.69) is 10.0 Å². The minimum absolute atomic E-state index is 0.00548. The van der Waals surface area contributed by atoms with Gasteiger partial charge in [0.1, 0.15) is 17.2 Å². The van der Waals surface area contributed by atoms with E-state index in [1.54, 1.807) is 12.1 Å². The molecular weight excluding hydrogens is 466 g/mol. The maximum atomic E-state index is 12.9. The van der Waals surface area contributed by atoms with Gasteiger partial charge in [0.25, 0.3) is 15.9 Å². The van der Waals surface area contributed by atoms with Gasteiger partial charge < -0.3 is 29.5 Å². The third kappa shape index (κ3) is 5.24. The Morgan fingerprint density at radius 1 is 1.09 bits per heavy atom. The molecule has 1 amide bonds. The van der Waals surface area contributed by atoms with Crippen molar-refractivity contribution >= 4 is 33.3 Å². The molecule has 2 aromatic carbocycles. The molecule has 0 aliphatic carbocycles. The van der Waals surface area contributed by atoms with Crippen molar-refractivity contribution in [3.8, 4) is 11.5 Å². The van der Waals surface area contributed by atoms with Crippen LogP contribution >= 0.6 is 0 Å². The van der Waals surface area contributed by atoms with Gasteiger partial charge in [-0.1, -0.05) is 0 Å². The molecule has 1 aliphatic rings. The number of benzene rings is 2. The van der Waals surface area contributed by atoms with Gasteiger partial charge in [0.05, 0.1) is 50.6 Å². The quantitative estimate of drug-likeness (QED) is 0.417. The minimum atomic E-state index is -3.95. The largest absolute Gasteiger partial charge is 0.497 e. The summed E-state index contributed by atoms with van der Waals surface area (Å²) in [5.74, 6) is -0.349. The van der Waals surface area contributed by atoms with Crippen LogP contribution in [0.1, 0.15) is 0 Å². The maximum Gasteiger partial charge on any atom is 0.337 e. The first-order chi connectivity index (χ1) is 16.2. The van der Waals surface area contributed by atoms with Crippen molar-refractivity contribution < 1.29 is 37.3 Å². The third-order valence-electron chi connectivity index (χ3n) is 5.04. The number of ether oxygens (including phenoxy) is 3. The number of β-amino-alcohol motifs (C(OH)–C–C–N with tert-alkyl or cyclic N) is 1. The van der Waals surface area contributed by atoms with E-state index in [1.165, 1.54) is 56.6 Å². The molecule has 1 aliphatic heterocycles. The van der Waals surface area contributed by atoms with Crippen molar-refractivity contribution in [1.29, 1.82) is 0 Å². The minimum Gasteiger partial charge on any atom is -0.497 e. The SMILES string of the molecule is COC(=O)C1=C(Nc2ccc(S(=O)(=O)Nc3ccc(OC)cc3OC)cc2)C(=O)N(CCO)C1. The molecule has 0 unspecified atom stereocenters. The van der Waals surface area contributed by atoms with Crippen LogP contribution in [0.2, 0.25) is 0 Å². The normalized spacial score (nSPS) is 13.6. The van der Waals surface area contributed by atoms with Crippen LogP contribution < -0.4 is 19.5 Å². The second-order valence-corrected chi connectivity index (χ2v) is 8.80. The summed E-state index contributed by atoms with van der Waals surface area (Å²) in [5.41, 5.74) is 0.749. The van der Waals surface area contributed by atoms with Crippen LogP contribution in [0, 0.1) is 0 Å². The fraction of sp³-hybridized carbons (Fsp3) is 0.273. The number of nitrogens with one attached hydrogen (secondary N) is 2. The Morgan fingerprint density at radius 3 is 2.38 bits per heavy atom. The Hall–Kier alpha value is -3.77. The Labute approximate surface area is 197 Å². The Bertz CT molecular complexity index is 1210. The molecule has 182 valence electrons. The number of aliphatic hydroxyl groups is 1. The van der Waals surface area contributed by atoms with E-state index in [4.69, 9.17) is 19.3 Å². The number of carbonyl (C=O) groups excluding carboxylic acids is 2. The van der Waals surface area contributed by atoms with Crippen molar-refractivity contribution in [2.45, 2.75) is 4.90 Å². The predicted octanol–water partition coefficient (Wildman–Crippen LogP) is 1.18. The van der Waals surface area contributed by atoms with Gasteiger partial charge in [-0.2, -0.15) is 0 Å². The zero-order valence-corrected chi connectivity index (χ0v) is 19.6. The number of hydrogen-bond acceptors (Lipinski definition) is 9. The highest BCUT2D eigenvalue weighted by Crippen LogP contribution is 2.31. The third-order valence-corrected chi connectivity index (χ3v) is 6.42. The van der Waals surface area contributed by atoms with Crippen molar-refractivity contribution in [3.05, 3.63) is 53.7 Å². The average molecular weight is 492 g/mol. The number of methoxy groups -OCH3 is 3. The topological polar surface area (TPSA) is 144 Å². The van der Waals surface area contributed by atoms with Crippen LogP contribution in [-0.2, 0) is 24.3 Å². The fourth-order valence-corrected chi connectivity index (χ4v) is 4.37. The van der Waals surface area contributed by atoms with Crippen molar-refractivity contribution in [1.82, 2.24) is 4.90 Å². The highest BCUT2D eigenvalue weighted by molar-refractivity contribution is 7.92. The first-order valence-electron chi connectivity index (χ1n) is 10.1. The molecule has 0 spiro atoms. The number of anilines is 2. The molecule has 0 aromatic heterocycles. The van der Waals surface area contributed by atoms with E-state index in [0.717, 1.165) is 0 Å². The first kappa shape index (κ1) is 24.9. The molecule has 3 rings (SSSR count). The Kier molecular flexibility index (Phi) is 7.64. The molecule has 34 heavy (non-hydrogen) atoms. The predicted molar refractivity (Wildman–Crippen MR) is 123 cm³/mol. The number of esters is 1. The van der Waals surface area contributed by atoms with E-state index < -0.39 is 21.9 Å². The summed E-state index contributed by atoms with van der Waals surface area (Å²) in [4.78, 5) is 26.0. The van der Waals surface area contributed by atoms with Gasteiger partial charge in [0.2, 0.25) is 0 Å². The highest BCUT2D eigenvalue weighted by Gasteiger charge is 2.34. The molecule has 0 bridgehead atoms. The molecule has 11 nitrogen and oxygen atoms in total. The summed E-state index contributed by atoms with van der Waals surface area (Å²) in [7, 11) is 0.154. The van der Waals surface area contributed by atoms with Crippen LogP contribution in [0.5, 0.6) is 11.5 Å². The lowest BCUT2D eigenvalue weighted by Gasteiger charge is -2.15.